The van der Waals surface area contributed by atoms with E-state index in [9.17, 15) is 4.79 Å². The molecule has 16 heavy (non-hydrogen) atoms. The first-order valence-corrected chi connectivity index (χ1v) is 5.63. The highest BCUT2D eigenvalue weighted by molar-refractivity contribution is 5.93. The second-order valence-electron chi connectivity index (χ2n) is 4.40. The van der Waals surface area contributed by atoms with Gasteiger partial charge in [0.2, 0.25) is 0 Å². The summed E-state index contributed by atoms with van der Waals surface area (Å²) in [4.78, 5) is 15.8. The number of hydrogen-bond acceptors (Lipinski definition) is 3. The Kier molecular flexibility index (Phi) is 3.19. The van der Waals surface area contributed by atoms with Crippen LogP contribution in [0, 0.1) is 12.8 Å². The van der Waals surface area contributed by atoms with Gasteiger partial charge in [-0.3, -0.25) is 9.78 Å². The third-order valence-electron chi connectivity index (χ3n) is 2.90. The summed E-state index contributed by atoms with van der Waals surface area (Å²) in [6.45, 7) is 2.45. The van der Waals surface area contributed by atoms with Crippen molar-refractivity contribution in [1.82, 2.24) is 10.3 Å². The minimum Gasteiger partial charge on any atom is -0.350 e. The topological polar surface area (TPSA) is 68.0 Å². The molecule has 3 N–H and O–H groups in total. The van der Waals surface area contributed by atoms with Crippen molar-refractivity contribution in [2.24, 2.45) is 11.7 Å². The van der Waals surface area contributed by atoms with Crippen LogP contribution in [0.15, 0.2) is 18.3 Å². The Balaban J connectivity index is 1.85. The Morgan fingerprint density at radius 2 is 2.38 bits per heavy atom. The number of aromatic nitrogens is 1. The molecule has 0 saturated heterocycles. The fraction of sp³-hybridized carbons (Fsp3) is 0.500. The standard InChI is InChI=1S/C12H17N3O/c1-8-2-3-10(6-14-8)12(16)15-7-11(13)9-4-5-9/h2-3,6,9,11H,4-5,7,13H2,1H3,(H,15,16). The summed E-state index contributed by atoms with van der Waals surface area (Å²) >= 11 is 0. The zero-order chi connectivity index (χ0) is 11.5. The molecule has 1 atom stereocenters. The van der Waals surface area contributed by atoms with Gasteiger partial charge in [-0.05, 0) is 37.8 Å². The highest BCUT2D eigenvalue weighted by Gasteiger charge is 2.28. The van der Waals surface area contributed by atoms with E-state index in [1.54, 1.807) is 12.3 Å². The van der Waals surface area contributed by atoms with Crippen molar-refractivity contribution >= 4 is 5.91 Å². The van der Waals surface area contributed by atoms with Gasteiger partial charge in [0.05, 0.1) is 5.56 Å². The van der Waals surface area contributed by atoms with Crippen molar-refractivity contribution in [2.75, 3.05) is 6.54 Å². The number of aryl methyl sites for hydroxylation is 1. The number of pyridine rings is 1. The van der Waals surface area contributed by atoms with Crippen LogP contribution in [-0.2, 0) is 0 Å². The predicted octanol–water partition coefficient (Wildman–Crippen LogP) is 0.857. The second kappa shape index (κ2) is 4.61. The maximum absolute atomic E-state index is 11.7. The van der Waals surface area contributed by atoms with Gasteiger partial charge in [0.15, 0.2) is 0 Å². The van der Waals surface area contributed by atoms with Crippen LogP contribution in [0.1, 0.15) is 28.9 Å². The fourth-order valence-corrected chi connectivity index (χ4v) is 1.61. The molecule has 1 saturated carbocycles. The normalized spacial score (nSPS) is 16.9. The third-order valence-corrected chi connectivity index (χ3v) is 2.90. The molecule has 0 bridgehead atoms. The summed E-state index contributed by atoms with van der Waals surface area (Å²) in [5, 5.41) is 2.84. The third kappa shape index (κ3) is 2.79. The number of nitrogens with one attached hydrogen (secondary N) is 1. The summed E-state index contributed by atoms with van der Waals surface area (Å²) in [6, 6.07) is 3.71. The summed E-state index contributed by atoms with van der Waals surface area (Å²) < 4.78 is 0. The van der Waals surface area contributed by atoms with Gasteiger partial charge in [-0.2, -0.15) is 0 Å². The van der Waals surface area contributed by atoms with Crippen molar-refractivity contribution in [3.05, 3.63) is 29.6 Å². The number of amides is 1. The molecule has 0 aliphatic heterocycles. The van der Waals surface area contributed by atoms with Crippen molar-refractivity contribution in [1.29, 1.82) is 0 Å². The highest BCUT2D eigenvalue weighted by atomic mass is 16.1. The van der Waals surface area contributed by atoms with Gasteiger partial charge in [-0.1, -0.05) is 0 Å². The molecule has 2 rings (SSSR count). The number of carbonyl (C=O) groups excluding carboxylic acids is 1. The Labute approximate surface area is 95.3 Å². The van der Waals surface area contributed by atoms with Crippen LogP contribution in [0.3, 0.4) is 0 Å². The van der Waals surface area contributed by atoms with Crippen LogP contribution < -0.4 is 11.1 Å². The van der Waals surface area contributed by atoms with Crippen LogP contribution in [0.5, 0.6) is 0 Å². The maximum Gasteiger partial charge on any atom is 0.252 e. The molecule has 4 heteroatoms. The molecular weight excluding hydrogens is 202 g/mol. The van der Waals surface area contributed by atoms with Crippen LogP contribution in [-0.4, -0.2) is 23.5 Å². The molecule has 0 radical (unpaired) electrons. The SMILES string of the molecule is Cc1ccc(C(=O)NCC(N)C2CC2)cn1. The van der Waals surface area contributed by atoms with Gasteiger partial charge in [0.1, 0.15) is 0 Å². The molecule has 1 heterocycles. The molecule has 1 amide bonds. The first-order chi connectivity index (χ1) is 7.66. The molecule has 4 nitrogen and oxygen atoms in total. The average Bonchev–Trinajstić information content (AvgIpc) is 3.10. The smallest absolute Gasteiger partial charge is 0.252 e. The number of hydrogen-bond donors (Lipinski definition) is 2. The van der Waals surface area contributed by atoms with Crippen LogP contribution >= 0.6 is 0 Å². The van der Waals surface area contributed by atoms with Crippen molar-refractivity contribution in [2.45, 2.75) is 25.8 Å². The van der Waals surface area contributed by atoms with E-state index in [1.165, 1.54) is 12.8 Å². The van der Waals surface area contributed by atoms with Gasteiger partial charge in [0, 0.05) is 24.5 Å². The average molecular weight is 219 g/mol. The van der Waals surface area contributed by atoms with Crippen LogP contribution in [0.25, 0.3) is 0 Å². The number of carbonyl (C=O) groups is 1. The van der Waals surface area contributed by atoms with Crippen molar-refractivity contribution in [3.63, 3.8) is 0 Å². The first-order valence-electron chi connectivity index (χ1n) is 5.63. The van der Waals surface area contributed by atoms with Gasteiger partial charge >= 0.3 is 0 Å². The summed E-state index contributed by atoms with van der Waals surface area (Å²) in [6.07, 6.45) is 3.99. The molecule has 1 fully saturated rings. The van der Waals surface area contributed by atoms with Crippen molar-refractivity contribution in [3.8, 4) is 0 Å². The molecule has 1 unspecified atom stereocenters. The summed E-state index contributed by atoms with van der Waals surface area (Å²) in [5.74, 6) is 0.514. The summed E-state index contributed by atoms with van der Waals surface area (Å²) in [5.41, 5.74) is 7.40. The highest BCUT2D eigenvalue weighted by Crippen LogP contribution is 2.31. The molecular formula is C12H17N3O. The van der Waals surface area contributed by atoms with E-state index in [1.807, 2.05) is 13.0 Å². The molecule has 1 aromatic heterocycles. The van der Waals surface area contributed by atoms with E-state index in [4.69, 9.17) is 5.73 Å². The molecule has 0 aromatic carbocycles. The Morgan fingerprint density at radius 1 is 1.62 bits per heavy atom. The fourth-order valence-electron chi connectivity index (χ4n) is 1.61. The monoisotopic (exact) mass is 219 g/mol. The number of nitrogens with two attached hydrogens (primary N) is 1. The molecule has 0 spiro atoms. The molecule has 1 aliphatic rings. The first kappa shape index (κ1) is 11.1. The minimum absolute atomic E-state index is 0.0939. The zero-order valence-electron chi connectivity index (χ0n) is 9.44. The van der Waals surface area contributed by atoms with Crippen molar-refractivity contribution < 1.29 is 4.79 Å². The minimum atomic E-state index is -0.0939. The van der Waals surface area contributed by atoms with Crippen LogP contribution in [0.4, 0.5) is 0 Å². The lowest BCUT2D eigenvalue weighted by Gasteiger charge is -2.11. The van der Waals surface area contributed by atoms with Gasteiger partial charge in [0.25, 0.3) is 5.91 Å². The predicted molar refractivity (Wildman–Crippen MR) is 62.0 cm³/mol. The van der Waals surface area contributed by atoms with E-state index in [-0.39, 0.29) is 11.9 Å². The van der Waals surface area contributed by atoms with Gasteiger partial charge in [-0.25, -0.2) is 0 Å². The molecule has 1 aromatic rings. The lowest BCUT2D eigenvalue weighted by atomic mass is 10.2. The number of nitrogens with zero attached hydrogens (tertiary/aromatic N) is 1. The van der Waals surface area contributed by atoms with E-state index < -0.39 is 0 Å². The molecule has 1 aliphatic carbocycles. The van der Waals surface area contributed by atoms with E-state index in [0.717, 1.165) is 5.69 Å². The summed E-state index contributed by atoms with van der Waals surface area (Å²) in [7, 11) is 0. The van der Waals surface area contributed by atoms with Gasteiger partial charge < -0.3 is 11.1 Å². The lowest BCUT2D eigenvalue weighted by molar-refractivity contribution is 0.0950. The number of rotatable bonds is 4. The van der Waals surface area contributed by atoms with E-state index in [0.29, 0.717) is 18.0 Å². The lowest BCUT2D eigenvalue weighted by Crippen LogP contribution is -2.38. The largest absolute Gasteiger partial charge is 0.350 e. The molecule has 86 valence electrons. The Bertz CT molecular complexity index is 370. The zero-order valence-corrected chi connectivity index (χ0v) is 9.44. The Morgan fingerprint density at radius 3 is 2.94 bits per heavy atom. The quantitative estimate of drug-likeness (QED) is 0.789. The van der Waals surface area contributed by atoms with E-state index in [2.05, 4.69) is 10.3 Å². The second-order valence-corrected chi connectivity index (χ2v) is 4.40. The van der Waals surface area contributed by atoms with Gasteiger partial charge in [-0.15, -0.1) is 0 Å². The van der Waals surface area contributed by atoms with Crippen LogP contribution in [0.2, 0.25) is 0 Å². The Hall–Kier alpha value is -1.42. The maximum atomic E-state index is 11.7. The van der Waals surface area contributed by atoms with E-state index >= 15 is 0 Å².